The largest absolute Gasteiger partial charge is 0.465 e. The number of carboxylic acid groups (broad SMARTS) is 1. The normalized spacial score (nSPS) is 10.4. The zero-order chi connectivity index (χ0) is 10.1. The van der Waals surface area contributed by atoms with Crippen LogP contribution in [0, 0.1) is 0 Å². The highest BCUT2D eigenvalue weighted by atomic mass is 16.5. The maximum absolute atomic E-state index is 10.7. The molecule has 5 heteroatoms. The summed E-state index contributed by atoms with van der Waals surface area (Å²) in [5, 5.41) is 13.1. The van der Waals surface area contributed by atoms with Gasteiger partial charge >= 0.3 is 6.09 Å². The van der Waals surface area contributed by atoms with Crippen molar-refractivity contribution in [2.45, 2.75) is 0 Å². The Kier molecular flexibility index (Phi) is 1.85. The van der Waals surface area contributed by atoms with E-state index < -0.39 is 6.09 Å². The summed E-state index contributed by atoms with van der Waals surface area (Å²) in [4.78, 5) is 11.8. The second kappa shape index (κ2) is 3.02. The number of anilines is 1. The molecule has 0 saturated carbocycles. The fourth-order valence-electron chi connectivity index (χ4n) is 1.18. The fraction of sp³-hybridized carbons (Fsp3) is 0.111. The van der Waals surface area contributed by atoms with Crippen molar-refractivity contribution in [3.05, 3.63) is 24.4 Å². The van der Waals surface area contributed by atoms with E-state index in [-0.39, 0.29) is 0 Å². The molecule has 5 nitrogen and oxygen atoms in total. The predicted molar refractivity (Wildman–Crippen MR) is 50.4 cm³/mol. The van der Waals surface area contributed by atoms with Crippen molar-refractivity contribution < 1.29 is 14.4 Å². The van der Waals surface area contributed by atoms with Gasteiger partial charge in [-0.05, 0) is 18.2 Å². The third-order valence-electron chi connectivity index (χ3n) is 2.01. The molecule has 14 heavy (non-hydrogen) atoms. The van der Waals surface area contributed by atoms with Gasteiger partial charge in [0.1, 0.15) is 0 Å². The van der Waals surface area contributed by atoms with E-state index in [1.165, 1.54) is 7.05 Å². The molecule has 0 unspecified atom stereocenters. The molecule has 1 aromatic carbocycles. The number of fused-ring (bicyclic) bond motifs is 1. The van der Waals surface area contributed by atoms with E-state index in [1.54, 1.807) is 24.4 Å². The molecule has 0 saturated heterocycles. The van der Waals surface area contributed by atoms with Crippen molar-refractivity contribution in [1.29, 1.82) is 0 Å². The van der Waals surface area contributed by atoms with Crippen LogP contribution in [0.25, 0.3) is 11.0 Å². The van der Waals surface area contributed by atoms with Gasteiger partial charge in [-0.3, -0.25) is 4.90 Å². The number of amides is 1. The molecule has 1 aromatic heterocycles. The van der Waals surface area contributed by atoms with E-state index in [0.717, 1.165) is 10.3 Å². The minimum Gasteiger partial charge on any atom is -0.465 e. The van der Waals surface area contributed by atoms with Crippen LogP contribution in [0.2, 0.25) is 0 Å². The molecule has 2 aromatic rings. The van der Waals surface area contributed by atoms with Gasteiger partial charge < -0.3 is 9.63 Å². The predicted octanol–water partition coefficient (Wildman–Crippen LogP) is 1.94. The van der Waals surface area contributed by atoms with Gasteiger partial charge in [-0.25, -0.2) is 4.79 Å². The molecule has 1 N–H and O–H groups in total. The van der Waals surface area contributed by atoms with Crippen LogP contribution >= 0.6 is 0 Å². The third-order valence-corrected chi connectivity index (χ3v) is 2.01. The van der Waals surface area contributed by atoms with Gasteiger partial charge in [0, 0.05) is 18.1 Å². The first-order valence-electron chi connectivity index (χ1n) is 3.99. The van der Waals surface area contributed by atoms with Crippen LogP contribution in [0.1, 0.15) is 0 Å². The van der Waals surface area contributed by atoms with E-state index >= 15 is 0 Å². The first-order valence-corrected chi connectivity index (χ1v) is 3.99. The van der Waals surface area contributed by atoms with Crippen LogP contribution in [-0.2, 0) is 0 Å². The molecule has 0 aliphatic carbocycles. The van der Waals surface area contributed by atoms with Crippen LogP contribution in [0.3, 0.4) is 0 Å². The van der Waals surface area contributed by atoms with Gasteiger partial charge in [0.2, 0.25) is 0 Å². The molecule has 0 atom stereocenters. The van der Waals surface area contributed by atoms with Crippen molar-refractivity contribution in [3.8, 4) is 0 Å². The van der Waals surface area contributed by atoms with Gasteiger partial charge in [0.15, 0.2) is 5.58 Å². The summed E-state index contributed by atoms with van der Waals surface area (Å²) in [5.74, 6) is 0. The second-order valence-electron chi connectivity index (χ2n) is 2.89. The summed E-state index contributed by atoms with van der Waals surface area (Å²) in [6.45, 7) is 0. The number of hydrogen-bond acceptors (Lipinski definition) is 3. The van der Waals surface area contributed by atoms with Gasteiger partial charge in [0.05, 0.1) is 6.20 Å². The molecule has 72 valence electrons. The number of nitrogens with zero attached hydrogens (tertiary/aromatic N) is 2. The standard InChI is InChI=1S/C9H8N2O3/c1-11(9(12)13)7-2-3-8-6(4-7)5-10-14-8/h2-5H,1H3,(H,12,13). The summed E-state index contributed by atoms with van der Waals surface area (Å²) in [6, 6.07) is 5.07. The zero-order valence-electron chi connectivity index (χ0n) is 7.47. The lowest BCUT2D eigenvalue weighted by Crippen LogP contribution is -2.23. The van der Waals surface area contributed by atoms with E-state index in [4.69, 9.17) is 9.63 Å². The molecule has 0 radical (unpaired) electrons. The Bertz CT molecular complexity index is 478. The first kappa shape index (κ1) is 8.55. The Balaban J connectivity index is 2.48. The lowest BCUT2D eigenvalue weighted by molar-refractivity contribution is 0.203. The van der Waals surface area contributed by atoms with E-state index in [0.29, 0.717) is 11.3 Å². The average Bonchev–Trinajstić information content (AvgIpc) is 2.62. The SMILES string of the molecule is CN(C(=O)O)c1ccc2oncc2c1. The number of aromatic nitrogens is 1. The summed E-state index contributed by atoms with van der Waals surface area (Å²) >= 11 is 0. The lowest BCUT2D eigenvalue weighted by Gasteiger charge is -2.12. The number of carbonyl (C=O) groups is 1. The smallest absolute Gasteiger partial charge is 0.411 e. The van der Waals surface area contributed by atoms with Crippen molar-refractivity contribution in [2.75, 3.05) is 11.9 Å². The van der Waals surface area contributed by atoms with Crippen molar-refractivity contribution >= 4 is 22.7 Å². The number of rotatable bonds is 1. The van der Waals surface area contributed by atoms with Crippen molar-refractivity contribution in [1.82, 2.24) is 5.16 Å². The minimum absolute atomic E-state index is 0.591. The second-order valence-corrected chi connectivity index (χ2v) is 2.89. The van der Waals surface area contributed by atoms with Crippen molar-refractivity contribution in [3.63, 3.8) is 0 Å². The molecule has 1 heterocycles. The highest BCUT2D eigenvalue weighted by molar-refractivity contribution is 5.89. The highest BCUT2D eigenvalue weighted by Crippen LogP contribution is 2.20. The van der Waals surface area contributed by atoms with Crippen LogP contribution in [0.15, 0.2) is 28.9 Å². The van der Waals surface area contributed by atoms with Crippen LogP contribution < -0.4 is 4.90 Å². The van der Waals surface area contributed by atoms with E-state index in [9.17, 15) is 4.79 Å². The van der Waals surface area contributed by atoms with Gasteiger partial charge in [0.25, 0.3) is 0 Å². The molecule has 1 amide bonds. The zero-order valence-corrected chi connectivity index (χ0v) is 7.47. The maximum atomic E-state index is 10.7. The Morgan fingerprint density at radius 3 is 3.07 bits per heavy atom. The first-order chi connectivity index (χ1) is 6.68. The molecular weight excluding hydrogens is 184 g/mol. The summed E-state index contributed by atoms with van der Waals surface area (Å²) in [5.41, 5.74) is 1.24. The van der Waals surface area contributed by atoms with Crippen molar-refractivity contribution in [2.24, 2.45) is 0 Å². The summed E-state index contributed by atoms with van der Waals surface area (Å²) in [6.07, 6.45) is 0.551. The van der Waals surface area contributed by atoms with Gasteiger partial charge in [-0.15, -0.1) is 0 Å². The number of benzene rings is 1. The monoisotopic (exact) mass is 192 g/mol. The maximum Gasteiger partial charge on any atom is 0.411 e. The average molecular weight is 192 g/mol. The van der Waals surface area contributed by atoms with Gasteiger partial charge in [-0.1, -0.05) is 5.16 Å². The third kappa shape index (κ3) is 1.28. The van der Waals surface area contributed by atoms with E-state index in [2.05, 4.69) is 5.16 Å². The molecule has 0 aliphatic rings. The van der Waals surface area contributed by atoms with Gasteiger partial charge in [-0.2, -0.15) is 0 Å². The summed E-state index contributed by atoms with van der Waals surface area (Å²) < 4.78 is 4.90. The van der Waals surface area contributed by atoms with E-state index in [1.807, 2.05) is 0 Å². The topological polar surface area (TPSA) is 66.6 Å². The van der Waals surface area contributed by atoms with Crippen LogP contribution in [-0.4, -0.2) is 23.4 Å². The lowest BCUT2D eigenvalue weighted by atomic mass is 10.2. The van der Waals surface area contributed by atoms with Crippen LogP contribution in [0.4, 0.5) is 10.5 Å². The Morgan fingerprint density at radius 2 is 2.36 bits per heavy atom. The summed E-state index contributed by atoms with van der Waals surface area (Å²) in [7, 11) is 1.48. The Hall–Kier alpha value is -2.04. The molecule has 0 bridgehead atoms. The molecule has 0 fully saturated rings. The van der Waals surface area contributed by atoms with Crippen LogP contribution in [0.5, 0.6) is 0 Å². The highest BCUT2D eigenvalue weighted by Gasteiger charge is 2.09. The quantitative estimate of drug-likeness (QED) is 0.749. The number of hydrogen-bond donors (Lipinski definition) is 1. The Labute approximate surface area is 79.5 Å². The molecule has 0 aliphatic heterocycles. The minimum atomic E-state index is -0.999. The molecular formula is C9H8N2O3. The Morgan fingerprint density at radius 1 is 1.57 bits per heavy atom. The molecule has 0 spiro atoms. The fourth-order valence-corrected chi connectivity index (χ4v) is 1.18. The molecule has 2 rings (SSSR count).